The predicted octanol–water partition coefficient (Wildman–Crippen LogP) is 3.78. The lowest BCUT2D eigenvalue weighted by Gasteiger charge is -2.24. The summed E-state index contributed by atoms with van der Waals surface area (Å²) >= 11 is 0. The van der Waals surface area contributed by atoms with Crippen LogP contribution >= 0.6 is 0 Å². The van der Waals surface area contributed by atoms with Gasteiger partial charge in [0, 0.05) is 0 Å². The molecule has 2 nitrogen and oxygen atoms in total. The lowest BCUT2D eigenvalue weighted by atomic mass is 9.82. The van der Waals surface area contributed by atoms with Crippen LogP contribution in [0.2, 0.25) is 0 Å². The standard InChI is InChI=1S/C14H20O2/c1-4-7-14(2,3)9-11-5-6-12-13(8-11)16-10-15-12/h5-6,8H,4,7,9-10H2,1-3H3. The first-order chi connectivity index (χ1) is 7.61. The van der Waals surface area contributed by atoms with E-state index in [2.05, 4.69) is 32.9 Å². The van der Waals surface area contributed by atoms with E-state index >= 15 is 0 Å². The Morgan fingerprint density at radius 3 is 2.69 bits per heavy atom. The van der Waals surface area contributed by atoms with E-state index in [1.807, 2.05) is 6.07 Å². The van der Waals surface area contributed by atoms with Gasteiger partial charge in [-0.15, -0.1) is 0 Å². The fraction of sp³-hybridized carbons (Fsp3) is 0.571. The van der Waals surface area contributed by atoms with Crippen molar-refractivity contribution in [2.75, 3.05) is 6.79 Å². The smallest absolute Gasteiger partial charge is 0.231 e. The number of fused-ring (bicyclic) bond motifs is 1. The Hall–Kier alpha value is -1.18. The van der Waals surface area contributed by atoms with E-state index in [9.17, 15) is 0 Å². The van der Waals surface area contributed by atoms with Crippen molar-refractivity contribution in [2.45, 2.75) is 40.0 Å². The van der Waals surface area contributed by atoms with Crippen LogP contribution in [-0.4, -0.2) is 6.79 Å². The molecule has 0 aromatic heterocycles. The minimum atomic E-state index is 0.358. The van der Waals surface area contributed by atoms with Crippen molar-refractivity contribution >= 4 is 0 Å². The van der Waals surface area contributed by atoms with Crippen LogP contribution in [0.3, 0.4) is 0 Å². The Labute approximate surface area is 97.6 Å². The molecule has 0 aliphatic carbocycles. The quantitative estimate of drug-likeness (QED) is 0.768. The normalized spacial score (nSPS) is 14.2. The van der Waals surface area contributed by atoms with Crippen molar-refractivity contribution < 1.29 is 9.47 Å². The molecule has 0 bridgehead atoms. The van der Waals surface area contributed by atoms with Crippen LogP contribution in [0.25, 0.3) is 0 Å². The average molecular weight is 220 g/mol. The van der Waals surface area contributed by atoms with Gasteiger partial charge in [0.15, 0.2) is 11.5 Å². The number of hydrogen-bond donors (Lipinski definition) is 0. The Kier molecular flexibility index (Phi) is 3.08. The molecule has 0 N–H and O–H groups in total. The molecule has 88 valence electrons. The molecule has 0 amide bonds. The monoisotopic (exact) mass is 220 g/mol. The molecular weight excluding hydrogens is 200 g/mol. The molecule has 1 aromatic carbocycles. The third-order valence-corrected chi connectivity index (χ3v) is 3.05. The molecule has 16 heavy (non-hydrogen) atoms. The molecule has 0 atom stereocenters. The summed E-state index contributed by atoms with van der Waals surface area (Å²) in [5.41, 5.74) is 1.70. The van der Waals surface area contributed by atoms with Crippen LogP contribution < -0.4 is 9.47 Å². The first-order valence-electron chi connectivity index (χ1n) is 5.99. The topological polar surface area (TPSA) is 18.5 Å². The van der Waals surface area contributed by atoms with Crippen molar-refractivity contribution in [3.8, 4) is 11.5 Å². The van der Waals surface area contributed by atoms with Crippen molar-refractivity contribution in [3.05, 3.63) is 23.8 Å². The second-order valence-corrected chi connectivity index (χ2v) is 5.28. The van der Waals surface area contributed by atoms with Gasteiger partial charge in [-0.25, -0.2) is 0 Å². The highest BCUT2D eigenvalue weighted by atomic mass is 16.7. The second-order valence-electron chi connectivity index (χ2n) is 5.28. The van der Waals surface area contributed by atoms with Gasteiger partial charge in [-0.05, 0) is 36.0 Å². The highest BCUT2D eigenvalue weighted by Gasteiger charge is 2.19. The van der Waals surface area contributed by atoms with Crippen LogP contribution in [0, 0.1) is 5.41 Å². The summed E-state index contributed by atoms with van der Waals surface area (Å²) in [7, 11) is 0. The fourth-order valence-electron chi connectivity index (χ4n) is 2.37. The molecule has 2 heteroatoms. The van der Waals surface area contributed by atoms with E-state index in [1.165, 1.54) is 18.4 Å². The Bertz CT molecular complexity index is 369. The molecule has 0 radical (unpaired) electrons. The van der Waals surface area contributed by atoms with Gasteiger partial charge in [0.25, 0.3) is 0 Å². The first kappa shape index (κ1) is 11.3. The maximum atomic E-state index is 5.39. The van der Waals surface area contributed by atoms with Gasteiger partial charge in [-0.1, -0.05) is 33.3 Å². The van der Waals surface area contributed by atoms with Gasteiger partial charge in [-0.3, -0.25) is 0 Å². The Morgan fingerprint density at radius 2 is 1.94 bits per heavy atom. The van der Waals surface area contributed by atoms with Crippen molar-refractivity contribution in [1.29, 1.82) is 0 Å². The number of rotatable bonds is 4. The largest absolute Gasteiger partial charge is 0.454 e. The average Bonchev–Trinajstić information content (AvgIpc) is 2.63. The van der Waals surface area contributed by atoms with Crippen molar-refractivity contribution in [1.82, 2.24) is 0 Å². The highest BCUT2D eigenvalue weighted by molar-refractivity contribution is 5.44. The number of ether oxygens (including phenoxy) is 2. The zero-order chi connectivity index (χ0) is 11.6. The predicted molar refractivity (Wildman–Crippen MR) is 65.0 cm³/mol. The zero-order valence-electron chi connectivity index (χ0n) is 10.4. The van der Waals surface area contributed by atoms with Crippen molar-refractivity contribution in [3.63, 3.8) is 0 Å². The van der Waals surface area contributed by atoms with Crippen LogP contribution in [0.5, 0.6) is 11.5 Å². The summed E-state index contributed by atoms with van der Waals surface area (Å²) in [6, 6.07) is 6.27. The summed E-state index contributed by atoms with van der Waals surface area (Å²) in [4.78, 5) is 0. The highest BCUT2D eigenvalue weighted by Crippen LogP contribution is 2.35. The van der Waals surface area contributed by atoms with Gasteiger partial charge in [-0.2, -0.15) is 0 Å². The third kappa shape index (κ3) is 2.49. The number of hydrogen-bond acceptors (Lipinski definition) is 2. The molecule has 2 rings (SSSR count). The molecule has 0 saturated carbocycles. The van der Waals surface area contributed by atoms with E-state index in [4.69, 9.17) is 9.47 Å². The molecule has 1 aliphatic heterocycles. The molecule has 1 aliphatic rings. The molecule has 1 heterocycles. The first-order valence-corrected chi connectivity index (χ1v) is 5.99. The molecule has 0 unspecified atom stereocenters. The molecule has 0 spiro atoms. The lowest BCUT2D eigenvalue weighted by Crippen LogP contribution is -2.14. The van der Waals surface area contributed by atoms with Crippen LogP contribution in [0.15, 0.2) is 18.2 Å². The number of benzene rings is 1. The zero-order valence-corrected chi connectivity index (χ0v) is 10.4. The van der Waals surface area contributed by atoms with E-state index in [0.717, 1.165) is 17.9 Å². The maximum Gasteiger partial charge on any atom is 0.231 e. The van der Waals surface area contributed by atoms with Gasteiger partial charge in [0.2, 0.25) is 6.79 Å². The van der Waals surface area contributed by atoms with Gasteiger partial charge in [0.1, 0.15) is 0 Å². The minimum absolute atomic E-state index is 0.358. The van der Waals surface area contributed by atoms with Gasteiger partial charge < -0.3 is 9.47 Å². The summed E-state index contributed by atoms with van der Waals surface area (Å²) in [6.07, 6.45) is 3.58. The third-order valence-electron chi connectivity index (χ3n) is 3.05. The van der Waals surface area contributed by atoms with E-state index in [0.29, 0.717) is 12.2 Å². The van der Waals surface area contributed by atoms with Crippen LogP contribution in [-0.2, 0) is 6.42 Å². The summed E-state index contributed by atoms with van der Waals surface area (Å²) in [6.45, 7) is 7.24. The SMILES string of the molecule is CCCC(C)(C)Cc1ccc2c(c1)OCO2. The second kappa shape index (κ2) is 4.36. The molecule has 0 saturated heterocycles. The van der Waals surface area contributed by atoms with E-state index in [1.54, 1.807) is 0 Å². The molecule has 0 fully saturated rings. The summed E-state index contributed by atoms with van der Waals surface area (Å²) < 4.78 is 10.7. The van der Waals surface area contributed by atoms with Gasteiger partial charge in [0.05, 0.1) is 0 Å². The van der Waals surface area contributed by atoms with Crippen LogP contribution in [0.1, 0.15) is 39.2 Å². The van der Waals surface area contributed by atoms with E-state index < -0.39 is 0 Å². The molecular formula is C14H20O2. The Morgan fingerprint density at radius 1 is 1.19 bits per heavy atom. The van der Waals surface area contributed by atoms with Gasteiger partial charge >= 0.3 is 0 Å². The van der Waals surface area contributed by atoms with Crippen molar-refractivity contribution in [2.24, 2.45) is 5.41 Å². The summed E-state index contributed by atoms with van der Waals surface area (Å²) in [5.74, 6) is 1.77. The lowest BCUT2D eigenvalue weighted by molar-refractivity contribution is 0.174. The minimum Gasteiger partial charge on any atom is -0.454 e. The Balaban J connectivity index is 2.10. The van der Waals surface area contributed by atoms with E-state index in [-0.39, 0.29) is 0 Å². The summed E-state index contributed by atoms with van der Waals surface area (Å²) in [5, 5.41) is 0. The fourth-order valence-corrected chi connectivity index (χ4v) is 2.37. The molecule has 1 aromatic rings. The van der Waals surface area contributed by atoms with Crippen LogP contribution in [0.4, 0.5) is 0 Å². The maximum absolute atomic E-state index is 5.39.